The molecule has 3 rings (SSSR count). The Bertz CT molecular complexity index is 1120. The molecule has 0 saturated carbocycles. The number of hydrogen-bond acceptors (Lipinski definition) is 2. The van der Waals surface area contributed by atoms with Crippen LogP contribution < -0.4 is 10.6 Å². The van der Waals surface area contributed by atoms with E-state index in [9.17, 15) is 35.9 Å². The molecule has 0 aliphatic heterocycles. The monoisotopic (exact) mass is 452 g/mol. The van der Waals surface area contributed by atoms with Gasteiger partial charge >= 0.3 is 12.4 Å². The van der Waals surface area contributed by atoms with Gasteiger partial charge in [-0.05, 0) is 54.6 Å². The van der Waals surface area contributed by atoms with Gasteiger partial charge in [0, 0.05) is 22.5 Å². The van der Waals surface area contributed by atoms with E-state index in [4.69, 9.17) is 0 Å². The van der Waals surface area contributed by atoms with Crippen LogP contribution >= 0.6 is 0 Å². The summed E-state index contributed by atoms with van der Waals surface area (Å²) in [7, 11) is 0. The Morgan fingerprint density at radius 1 is 0.562 bits per heavy atom. The van der Waals surface area contributed by atoms with Crippen molar-refractivity contribution in [2.24, 2.45) is 0 Å². The number of anilines is 2. The number of amides is 2. The van der Waals surface area contributed by atoms with Gasteiger partial charge in [-0.3, -0.25) is 9.59 Å². The fourth-order valence-corrected chi connectivity index (χ4v) is 2.74. The molecule has 0 fully saturated rings. The summed E-state index contributed by atoms with van der Waals surface area (Å²) in [5.74, 6) is -1.58. The van der Waals surface area contributed by atoms with Crippen LogP contribution in [-0.4, -0.2) is 11.8 Å². The summed E-state index contributed by atoms with van der Waals surface area (Å²) in [6.45, 7) is 0. The van der Waals surface area contributed by atoms with Gasteiger partial charge in [0.15, 0.2) is 0 Å². The largest absolute Gasteiger partial charge is 0.416 e. The molecule has 0 aromatic heterocycles. The van der Waals surface area contributed by atoms with E-state index < -0.39 is 35.3 Å². The van der Waals surface area contributed by atoms with Crippen molar-refractivity contribution in [3.63, 3.8) is 0 Å². The molecule has 0 aliphatic rings. The van der Waals surface area contributed by atoms with Crippen LogP contribution in [0.4, 0.5) is 37.7 Å². The third-order valence-corrected chi connectivity index (χ3v) is 4.29. The Morgan fingerprint density at radius 2 is 1.00 bits per heavy atom. The number of halogens is 6. The number of rotatable bonds is 4. The molecule has 3 aromatic rings. The maximum atomic E-state index is 13.3. The van der Waals surface area contributed by atoms with Crippen LogP contribution in [0.3, 0.4) is 0 Å². The first-order chi connectivity index (χ1) is 14.9. The molecule has 2 N–H and O–H groups in total. The number of carbonyl (C=O) groups excluding carboxylic acids is 2. The van der Waals surface area contributed by atoms with E-state index in [0.29, 0.717) is 24.3 Å². The Balaban J connectivity index is 1.86. The fraction of sp³-hybridized carbons (Fsp3) is 0.0909. The number of nitrogens with one attached hydrogen (secondary N) is 2. The molecule has 0 atom stereocenters. The minimum Gasteiger partial charge on any atom is -0.322 e. The van der Waals surface area contributed by atoms with E-state index in [1.165, 1.54) is 12.1 Å². The zero-order valence-electron chi connectivity index (χ0n) is 16.0. The lowest BCUT2D eigenvalue weighted by Gasteiger charge is -2.14. The summed E-state index contributed by atoms with van der Waals surface area (Å²) in [6, 6.07) is 13.4. The molecule has 166 valence electrons. The standard InChI is InChI=1S/C22H14F6N2O2/c23-21(24,25)15-8-6-14(7-9-15)20(32)30-18-11-16(22(26,27)28)10-17(12-18)29-19(31)13-4-2-1-3-5-13/h1-12H,(H,29,31)(H,30,32). The van der Waals surface area contributed by atoms with Crippen molar-refractivity contribution in [2.75, 3.05) is 10.6 Å². The molecular formula is C22H14F6N2O2. The van der Waals surface area contributed by atoms with Crippen molar-refractivity contribution in [1.82, 2.24) is 0 Å². The minimum atomic E-state index is -4.78. The van der Waals surface area contributed by atoms with Crippen LogP contribution in [0.25, 0.3) is 0 Å². The van der Waals surface area contributed by atoms with Gasteiger partial charge < -0.3 is 10.6 Å². The van der Waals surface area contributed by atoms with Crippen LogP contribution in [0.1, 0.15) is 31.8 Å². The van der Waals surface area contributed by atoms with E-state index in [1.54, 1.807) is 18.2 Å². The Hall–Kier alpha value is -3.82. The first-order valence-corrected chi connectivity index (χ1v) is 9.01. The van der Waals surface area contributed by atoms with Gasteiger partial charge in [0.1, 0.15) is 0 Å². The van der Waals surface area contributed by atoms with Gasteiger partial charge in [0.2, 0.25) is 0 Å². The number of alkyl halides is 6. The van der Waals surface area contributed by atoms with Crippen LogP contribution in [0.2, 0.25) is 0 Å². The van der Waals surface area contributed by atoms with E-state index in [-0.39, 0.29) is 22.5 Å². The highest BCUT2D eigenvalue weighted by atomic mass is 19.4. The number of benzene rings is 3. The Morgan fingerprint density at radius 3 is 1.44 bits per heavy atom. The summed E-state index contributed by atoms with van der Waals surface area (Å²) in [5.41, 5.74) is -2.61. The van der Waals surface area contributed by atoms with Crippen molar-refractivity contribution >= 4 is 23.2 Å². The van der Waals surface area contributed by atoms with Gasteiger partial charge in [0.05, 0.1) is 11.1 Å². The average Bonchev–Trinajstić information content (AvgIpc) is 2.73. The summed E-state index contributed by atoms with van der Waals surface area (Å²) in [4.78, 5) is 24.6. The predicted octanol–water partition coefficient (Wildman–Crippen LogP) is 6.23. The quantitative estimate of drug-likeness (QED) is 0.461. The third kappa shape index (κ3) is 5.65. The Kier molecular flexibility index (Phi) is 6.24. The van der Waals surface area contributed by atoms with Gasteiger partial charge in [-0.15, -0.1) is 0 Å². The first-order valence-electron chi connectivity index (χ1n) is 9.01. The highest BCUT2D eigenvalue weighted by molar-refractivity contribution is 6.06. The molecule has 0 aliphatic carbocycles. The lowest BCUT2D eigenvalue weighted by atomic mass is 10.1. The van der Waals surface area contributed by atoms with Gasteiger partial charge in [-0.1, -0.05) is 18.2 Å². The molecule has 0 radical (unpaired) electrons. The SMILES string of the molecule is O=C(Nc1cc(NC(=O)c2ccc(C(F)(F)F)cc2)cc(C(F)(F)F)c1)c1ccccc1. The Labute approximate surface area is 177 Å². The zero-order valence-corrected chi connectivity index (χ0v) is 16.0. The normalized spacial score (nSPS) is 11.7. The molecule has 4 nitrogen and oxygen atoms in total. The smallest absolute Gasteiger partial charge is 0.322 e. The second kappa shape index (κ2) is 8.74. The van der Waals surface area contributed by atoms with Gasteiger partial charge in [0.25, 0.3) is 11.8 Å². The van der Waals surface area contributed by atoms with Crippen LogP contribution in [0, 0.1) is 0 Å². The molecule has 32 heavy (non-hydrogen) atoms. The molecule has 10 heteroatoms. The van der Waals surface area contributed by atoms with Crippen molar-refractivity contribution in [2.45, 2.75) is 12.4 Å². The zero-order chi connectivity index (χ0) is 23.5. The third-order valence-electron chi connectivity index (χ3n) is 4.29. The molecule has 3 aromatic carbocycles. The first kappa shape index (κ1) is 22.9. The summed E-state index contributed by atoms with van der Waals surface area (Å²) >= 11 is 0. The second-order valence-electron chi connectivity index (χ2n) is 6.65. The van der Waals surface area contributed by atoms with Crippen molar-refractivity contribution in [3.8, 4) is 0 Å². The van der Waals surface area contributed by atoms with Crippen molar-refractivity contribution in [3.05, 3.63) is 95.1 Å². The molecule has 0 saturated heterocycles. The van der Waals surface area contributed by atoms with Crippen LogP contribution in [0.5, 0.6) is 0 Å². The average molecular weight is 452 g/mol. The summed E-state index contributed by atoms with van der Waals surface area (Å²) in [5, 5.41) is 4.54. The van der Waals surface area contributed by atoms with E-state index in [1.807, 2.05) is 0 Å². The van der Waals surface area contributed by atoms with Gasteiger partial charge in [-0.2, -0.15) is 26.3 Å². The number of hydrogen-bond donors (Lipinski definition) is 2. The second-order valence-corrected chi connectivity index (χ2v) is 6.65. The van der Waals surface area contributed by atoms with Gasteiger partial charge in [-0.25, -0.2) is 0 Å². The fourth-order valence-electron chi connectivity index (χ4n) is 2.74. The van der Waals surface area contributed by atoms with E-state index in [2.05, 4.69) is 10.6 Å². The molecule has 0 bridgehead atoms. The molecule has 0 heterocycles. The molecule has 0 unspecified atom stereocenters. The van der Waals surface area contributed by atoms with Crippen molar-refractivity contribution in [1.29, 1.82) is 0 Å². The topological polar surface area (TPSA) is 58.2 Å². The molecule has 0 spiro atoms. The van der Waals surface area contributed by atoms with Crippen LogP contribution in [-0.2, 0) is 12.4 Å². The van der Waals surface area contributed by atoms with E-state index in [0.717, 1.165) is 18.2 Å². The molecular weight excluding hydrogens is 438 g/mol. The lowest BCUT2D eigenvalue weighted by Crippen LogP contribution is -2.16. The number of carbonyl (C=O) groups is 2. The lowest BCUT2D eigenvalue weighted by molar-refractivity contribution is -0.138. The van der Waals surface area contributed by atoms with E-state index >= 15 is 0 Å². The highest BCUT2D eigenvalue weighted by Gasteiger charge is 2.32. The maximum Gasteiger partial charge on any atom is 0.416 e. The molecule has 2 amide bonds. The van der Waals surface area contributed by atoms with Crippen molar-refractivity contribution < 1.29 is 35.9 Å². The van der Waals surface area contributed by atoms with Crippen LogP contribution in [0.15, 0.2) is 72.8 Å². The maximum absolute atomic E-state index is 13.3. The predicted molar refractivity (Wildman–Crippen MR) is 105 cm³/mol. The summed E-state index contributed by atoms with van der Waals surface area (Å²) < 4.78 is 77.8. The minimum absolute atomic E-state index is 0.190. The highest BCUT2D eigenvalue weighted by Crippen LogP contribution is 2.34. The summed E-state index contributed by atoms with van der Waals surface area (Å²) in [6.07, 6.45) is -9.37.